The molecular formula is C58H77FN8O15. The topological polar surface area (TPSA) is 297 Å². The molecule has 82 heavy (non-hydrogen) atoms. The normalized spacial score (nSPS) is 14.8. The van der Waals surface area contributed by atoms with Gasteiger partial charge in [-0.1, -0.05) is 27.7 Å². The molecule has 1 unspecified atom stereocenters. The lowest BCUT2D eigenvalue weighted by atomic mass is 9.82. The number of pyridine rings is 2. The number of hydrogen-bond acceptors (Lipinski definition) is 16. The summed E-state index contributed by atoms with van der Waals surface area (Å²) in [6.07, 6.45) is 1.33. The summed E-state index contributed by atoms with van der Waals surface area (Å²) in [7, 11) is 0. The fourth-order valence-electron chi connectivity index (χ4n) is 9.84. The molecule has 3 atom stereocenters. The minimum Gasteiger partial charge on any atom is -0.460 e. The van der Waals surface area contributed by atoms with Crippen LogP contribution in [0.1, 0.15) is 99.2 Å². The average molecular weight is 1150 g/mol. The molecule has 6 amide bonds. The number of carbonyl (C=O) groups excluding carboxylic acids is 6. The molecule has 3 aliphatic rings. The first-order chi connectivity index (χ1) is 39.5. The molecule has 24 heteroatoms. The number of hydrogen-bond donors (Lipinski definition) is 6. The van der Waals surface area contributed by atoms with E-state index in [4.69, 9.17) is 48.6 Å². The number of aryl methyl sites for hydroxylation is 1. The van der Waals surface area contributed by atoms with Crippen LogP contribution in [0.5, 0.6) is 5.75 Å². The second-order valence-corrected chi connectivity index (χ2v) is 21.0. The second kappa shape index (κ2) is 30.8. The Morgan fingerprint density at radius 3 is 2.05 bits per heavy atom. The third-order valence-corrected chi connectivity index (χ3v) is 14.2. The van der Waals surface area contributed by atoms with Crippen molar-refractivity contribution in [2.45, 2.75) is 111 Å². The van der Waals surface area contributed by atoms with Gasteiger partial charge in [-0.05, 0) is 103 Å². The van der Waals surface area contributed by atoms with Crippen LogP contribution in [-0.2, 0) is 78.3 Å². The number of nitrogens with two attached hydrogens (primary N) is 1. The summed E-state index contributed by atoms with van der Waals surface area (Å²) in [5.74, 6) is -2.10. The summed E-state index contributed by atoms with van der Waals surface area (Å²) in [6.45, 7) is 14.7. The van der Waals surface area contributed by atoms with Crippen molar-refractivity contribution in [1.29, 1.82) is 0 Å². The van der Waals surface area contributed by atoms with Crippen molar-refractivity contribution in [1.82, 2.24) is 30.8 Å². The predicted octanol–water partition coefficient (Wildman–Crippen LogP) is 4.80. The second-order valence-electron chi connectivity index (χ2n) is 21.0. The highest BCUT2D eigenvalue weighted by Gasteiger charge is 2.36. The van der Waals surface area contributed by atoms with Gasteiger partial charge in [0.05, 0.1) is 114 Å². The number of nitrogens with one attached hydrogen (secondary N) is 5. The Morgan fingerprint density at radius 1 is 0.793 bits per heavy atom. The number of fused-ring (bicyclic) bond motifs is 5. The van der Waals surface area contributed by atoms with E-state index >= 15 is 4.39 Å². The summed E-state index contributed by atoms with van der Waals surface area (Å²) in [5, 5.41) is 14.4. The number of amides is 6. The molecule has 2 aromatic carbocycles. The van der Waals surface area contributed by atoms with Crippen molar-refractivity contribution in [3.8, 4) is 17.1 Å². The number of esters is 1. The number of benzene rings is 2. The van der Waals surface area contributed by atoms with Crippen LogP contribution < -0.4 is 42.6 Å². The minimum atomic E-state index is -1.11. The molecule has 1 aliphatic carbocycles. The van der Waals surface area contributed by atoms with E-state index in [0.717, 1.165) is 18.6 Å². The molecule has 0 spiro atoms. The molecule has 4 aromatic rings. The largest absolute Gasteiger partial charge is 0.460 e. The fraction of sp³-hybridized carbons (Fsp3) is 0.552. The zero-order valence-corrected chi connectivity index (χ0v) is 47.4. The van der Waals surface area contributed by atoms with Crippen LogP contribution in [0.3, 0.4) is 0 Å². The van der Waals surface area contributed by atoms with E-state index in [1.165, 1.54) is 30.3 Å². The smallest absolute Gasteiger partial charge is 0.413 e. The van der Waals surface area contributed by atoms with Crippen molar-refractivity contribution in [2.75, 3.05) is 91.1 Å². The highest BCUT2D eigenvalue weighted by atomic mass is 19.1. The minimum absolute atomic E-state index is 0.0315. The molecule has 4 heterocycles. The van der Waals surface area contributed by atoms with Gasteiger partial charge in [-0.25, -0.2) is 19.0 Å². The molecule has 7 rings (SSSR count). The number of nitrogens with zero attached hydrogens (tertiary/aromatic N) is 2. The van der Waals surface area contributed by atoms with E-state index in [0.29, 0.717) is 134 Å². The maximum atomic E-state index is 15.4. The van der Waals surface area contributed by atoms with Gasteiger partial charge < -0.3 is 74.8 Å². The van der Waals surface area contributed by atoms with Gasteiger partial charge in [-0.15, -0.1) is 0 Å². The van der Waals surface area contributed by atoms with Gasteiger partial charge in [0.25, 0.3) is 5.56 Å². The molecule has 23 nitrogen and oxygen atoms in total. The Hall–Kier alpha value is -7.09. The Labute approximate surface area is 475 Å². The highest BCUT2D eigenvalue weighted by molar-refractivity contribution is 5.99. The number of anilines is 1. The van der Waals surface area contributed by atoms with Crippen LogP contribution in [0.25, 0.3) is 22.3 Å². The first-order valence-corrected chi connectivity index (χ1v) is 28.0. The molecule has 0 saturated carbocycles. The number of carbonyl (C=O) groups is 6. The zero-order chi connectivity index (χ0) is 58.7. The van der Waals surface area contributed by atoms with Crippen molar-refractivity contribution in [2.24, 2.45) is 17.6 Å². The number of primary amides is 1. The fourth-order valence-corrected chi connectivity index (χ4v) is 9.84. The van der Waals surface area contributed by atoms with E-state index in [2.05, 4.69) is 40.4 Å². The molecule has 7 N–H and O–H groups in total. The van der Waals surface area contributed by atoms with Crippen LogP contribution in [0.4, 0.5) is 19.7 Å². The van der Waals surface area contributed by atoms with Crippen LogP contribution >= 0.6 is 0 Å². The summed E-state index contributed by atoms with van der Waals surface area (Å²) in [4.78, 5) is 96.4. The molecule has 2 aromatic heterocycles. The summed E-state index contributed by atoms with van der Waals surface area (Å²) in [5.41, 5.74) is 10.1. The SMILES string of the molecule is Cc1c(F)cc2nc3c(c4c2c1CC[C@@H]4NC(=O)Oc1ccc(NC(=O)[C@H](CCCNC(N)=O)NC(=O)C(NC(=O)CCOCCOCCOCCOCCOCCOCCC(C)C)C(C)C)cc1)Cn1c-3cc2c(c1=O)COC(=O)C2. The lowest BCUT2D eigenvalue weighted by Crippen LogP contribution is -2.54. The monoisotopic (exact) mass is 1140 g/mol. The predicted molar refractivity (Wildman–Crippen MR) is 299 cm³/mol. The van der Waals surface area contributed by atoms with E-state index in [9.17, 15) is 33.6 Å². The van der Waals surface area contributed by atoms with E-state index in [-0.39, 0.29) is 75.8 Å². The Kier molecular flexibility index (Phi) is 23.5. The van der Waals surface area contributed by atoms with E-state index < -0.39 is 59.8 Å². The van der Waals surface area contributed by atoms with Gasteiger partial charge in [0.15, 0.2) is 0 Å². The highest BCUT2D eigenvalue weighted by Crippen LogP contribution is 2.45. The quantitative estimate of drug-likeness (QED) is 0.0243. The Balaban J connectivity index is 0.857. The third kappa shape index (κ3) is 17.5. The zero-order valence-electron chi connectivity index (χ0n) is 47.4. The average Bonchev–Trinajstić information content (AvgIpc) is 3.15. The Bertz CT molecular complexity index is 2950. The van der Waals surface area contributed by atoms with Gasteiger partial charge in [0, 0.05) is 42.3 Å². The van der Waals surface area contributed by atoms with Crippen molar-refractivity contribution < 1.29 is 71.1 Å². The summed E-state index contributed by atoms with van der Waals surface area (Å²) < 4.78 is 61.0. The van der Waals surface area contributed by atoms with Gasteiger partial charge >= 0.3 is 18.1 Å². The number of halogens is 1. The standard InChI is InChI=1S/C58H77FN8O15/c1-34(2)14-17-75-19-21-77-23-25-79-27-28-80-26-24-78-22-20-76-18-15-48(68)66-52(35(3)4)55(71)64-45(7-6-16-61-57(60)73)54(70)62-38-8-10-39(11-9-38)82-58(74)65-44-13-12-40-36(5)43(59)31-46-50(40)51(44)41-32-67-47(53(41)63-46)29-37-30-49(69)81-33-42(37)56(67)72/h8-11,29,31,34-35,44-45,52H,6-7,12-28,30,32-33H2,1-5H3,(H,62,70)(H,64,71)(H,65,74)(H,66,68)(H3,60,61,73)/t44-,45-,52?/m0/s1. The van der Waals surface area contributed by atoms with E-state index in [1.807, 2.05) is 0 Å². The van der Waals surface area contributed by atoms with Crippen LogP contribution in [0, 0.1) is 24.6 Å². The van der Waals surface area contributed by atoms with Gasteiger partial charge in [0.2, 0.25) is 17.7 Å². The van der Waals surface area contributed by atoms with Crippen LogP contribution in [-0.4, -0.2) is 143 Å². The molecule has 2 aliphatic heterocycles. The number of ether oxygens (including phenoxy) is 8. The van der Waals surface area contributed by atoms with Crippen LogP contribution in [0.2, 0.25) is 0 Å². The molecule has 0 fully saturated rings. The third-order valence-electron chi connectivity index (χ3n) is 14.2. The first-order valence-electron chi connectivity index (χ1n) is 28.0. The molecule has 0 bridgehead atoms. The lowest BCUT2D eigenvalue weighted by Gasteiger charge is -2.29. The van der Waals surface area contributed by atoms with E-state index in [1.54, 1.807) is 31.4 Å². The maximum absolute atomic E-state index is 15.4. The molecule has 446 valence electrons. The molecule has 0 radical (unpaired) electrons. The van der Waals surface area contributed by atoms with Gasteiger partial charge in [0.1, 0.15) is 30.3 Å². The van der Waals surface area contributed by atoms with Gasteiger partial charge in [-0.2, -0.15) is 0 Å². The number of urea groups is 1. The Morgan fingerprint density at radius 2 is 1.43 bits per heavy atom. The lowest BCUT2D eigenvalue weighted by molar-refractivity contribution is -0.145. The summed E-state index contributed by atoms with van der Waals surface area (Å²) >= 11 is 0. The van der Waals surface area contributed by atoms with Gasteiger partial charge in [-0.3, -0.25) is 24.0 Å². The number of aromatic nitrogens is 2. The summed E-state index contributed by atoms with van der Waals surface area (Å²) in [6, 6.07) is 5.63. The number of cyclic esters (lactones) is 1. The molecular weight excluding hydrogens is 1070 g/mol. The molecule has 0 saturated heterocycles. The first kappa shape index (κ1) is 62.5. The van der Waals surface area contributed by atoms with Crippen molar-refractivity contribution in [3.63, 3.8) is 0 Å². The van der Waals surface area contributed by atoms with Crippen LogP contribution in [0.15, 0.2) is 41.2 Å². The van der Waals surface area contributed by atoms with Crippen molar-refractivity contribution in [3.05, 3.63) is 85.9 Å². The van der Waals surface area contributed by atoms with Crippen molar-refractivity contribution >= 4 is 52.4 Å². The maximum Gasteiger partial charge on any atom is 0.413 e. The number of rotatable bonds is 33.